The first-order chi connectivity index (χ1) is 11.0. The summed E-state index contributed by atoms with van der Waals surface area (Å²) >= 11 is 0. The van der Waals surface area contributed by atoms with Gasteiger partial charge in [0.1, 0.15) is 11.6 Å². The molecule has 0 atom stereocenters. The van der Waals surface area contributed by atoms with Crippen molar-refractivity contribution in [2.45, 2.75) is 0 Å². The fourth-order valence-corrected chi connectivity index (χ4v) is 1.87. The second-order valence-electron chi connectivity index (χ2n) is 5.27. The van der Waals surface area contributed by atoms with Crippen molar-refractivity contribution in [1.29, 1.82) is 0 Å². The fourth-order valence-electron chi connectivity index (χ4n) is 1.87. The molecule has 122 valence electrons. The van der Waals surface area contributed by atoms with Gasteiger partial charge in [-0.15, -0.1) is 0 Å². The Morgan fingerprint density at radius 3 is 2.70 bits per heavy atom. The molecule has 7 heteroatoms. The lowest BCUT2D eigenvalue weighted by atomic mass is 10.2. The van der Waals surface area contributed by atoms with Crippen LogP contribution < -0.4 is 10.6 Å². The van der Waals surface area contributed by atoms with E-state index in [9.17, 15) is 13.6 Å². The highest BCUT2D eigenvalue weighted by atomic mass is 19.1. The van der Waals surface area contributed by atoms with Crippen LogP contribution in [0, 0.1) is 11.6 Å². The number of pyridine rings is 1. The average Bonchev–Trinajstić information content (AvgIpc) is 2.50. The number of carbonyl (C=O) groups is 1. The maximum Gasteiger partial charge on any atom is 0.252 e. The van der Waals surface area contributed by atoms with Gasteiger partial charge in [-0.3, -0.25) is 9.78 Å². The maximum atomic E-state index is 13.6. The Balaban J connectivity index is 2.06. The molecular weight excluding hydrogens is 302 g/mol. The average molecular weight is 320 g/mol. The standard InChI is InChI=1S/C16H18F2N4O/c1-22(2)6-5-20-16(23)11-7-13(10-19-9-11)21-15-4-3-12(17)8-14(15)18/h3-4,7-10,21H,5-6H2,1-2H3,(H,20,23). The number of hydrogen-bond donors (Lipinski definition) is 2. The van der Waals surface area contributed by atoms with E-state index in [0.29, 0.717) is 17.8 Å². The van der Waals surface area contributed by atoms with Gasteiger partial charge in [0.15, 0.2) is 0 Å². The third-order valence-electron chi connectivity index (χ3n) is 3.06. The summed E-state index contributed by atoms with van der Waals surface area (Å²) in [5, 5.41) is 5.54. The molecule has 1 aromatic carbocycles. The van der Waals surface area contributed by atoms with Crippen molar-refractivity contribution in [1.82, 2.24) is 15.2 Å². The zero-order valence-electron chi connectivity index (χ0n) is 12.9. The van der Waals surface area contributed by atoms with Crippen LogP contribution in [0.5, 0.6) is 0 Å². The van der Waals surface area contributed by atoms with Gasteiger partial charge < -0.3 is 15.5 Å². The first-order valence-electron chi connectivity index (χ1n) is 7.06. The van der Waals surface area contributed by atoms with Crippen LogP contribution in [0.2, 0.25) is 0 Å². The molecule has 1 aromatic heterocycles. The maximum absolute atomic E-state index is 13.6. The molecule has 0 aliphatic carbocycles. The van der Waals surface area contributed by atoms with Gasteiger partial charge in [-0.1, -0.05) is 0 Å². The van der Waals surface area contributed by atoms with Crippen molar-refractivity contribution < 1.29 is 13.6 Å². The smallest absolute Gasteiger partial charge is 0.252 e. The van der Waals surface area contributed by atoms with Crippen LogP contribution in [0.1, 0.15) is 10.4 Å². The van der Waals surface area contributed by atoms with Crippen molar-refractivity contribution in [3.05, 3.63) is 53.9 Å². The number of carbonyl (C=O) groups excluding carboxylic acids is 1. The van der Waals surface area contributed by atoms with Crippen LogP contribution in [0.25, 0.3) is 0 Å². The highest BCUT2D eigenvalue weighted by Gasteiger charge is 2.09. The van der Waals surface area contributed by atoms with E-state index in [1.54, 1.807) is 6.07 Å². The number of nitrogens with one attached hydrogen (secondary N) is 2. The Morgan fingerprint density at radius 2 is 2.00 bits per heavy atom. The summed E-state index contributed by atoms with van der Waals surface area (Å²) < 4.78 is 26.5. The predicted molar refractivity (Wildman–Crippen MR) is 84.8 cm³/mol. The first kappa shape index (κ1) is 16.8. The molecule has 0 aliphatic heterocycles. The number of likely N-dealkylation sites (N-methyl/N-ethyl adjacent to an activating group) is 1. The van der Waals surface area contributed by atoms with Crippen LogP contribution in [-0.2, 0) is 0 Å². The number of nitrogens with zero attached hydrogens (tertiary/aromatic N) is 2. The third-order valence-corrected chi connectivity index (χ3v) is 3.06. The molecule has 1 heterocycles. The van der Waals surface area contributed by atoms with E-state index in [2.05, 4.69) is 15.6 Å². The van der Waals surface area contributed by atoms with E-state index in [1.165, 1.54) is 18.5 Å². The summed E-state index contributed by atoms with van der Waals surface area (Å²) in [6.07, 6.45) is 2.89. The lowest BCUT2D eigenvalue weighted by molar-refractivity contribution is 0.0950. The van der Waals surface area contributed by atoms with Gasteiger partial charge in [0.05, 0.1) is 23.1 Å². The normalized spacial score (nSPS) is 10.7. The molecule has 0 spiro atoms. The molecule has 1 amide bonds. The number of benzene rings is 1. The van der Waals surface area contributed by atoms with E-state index >= 15 is 0 Å². The van der Waals surface area contributed by atoms with E-state index < -0.39 is 11.6 Å². The van der Waals surface area contributed by atoms with Crippen molar-refractivity contribution >= 4 is 17.3 Å². The number of rotatable bonds is 6. The molecule has 0 unspecified atom stereocenters. The lowest BCUT2D eigenvalue weighted by Gasteiger charge is -2.11. The van der Waals surface area contributed by atoms with E-state index in [4.69, 9.17) is 0 Å². The van der Waals surface area contributed by atoms with Gasteiger partial charge in [-0.25, -0.2) is 8.78 Å². The summed E-state index contributed by atoms with van der Waals surface area (Å²) in [6.45, 7) is 1.23. The van der Waals surface area contributed by atoms with E-state index in [0.717, 1.165) is 18.7 Å². The van der Waals surface area contributed by atoms with Crippen LogP contribution in [0.15, 0.2) is 36.7 Å². The van der Waals surface area contributed by atoms with Crippen LogP contribution >= 0.6 is 0 Å². The number of aromatic nitrogens is 1. The largest absolute Gasteiger partial charge is 0.352 e. The molecule has 0 bridgehead atoms. The molecule has 0 aliphatic rings. The monoisotopic (exact) mass is 320 g/mol. The van der Waals surface area contributed by atoms with Gasteiger partial charge in [0, 0.05) is 25.4 Å². The van der Waals surface area contributed by atoms with Crippen molar-refractivity contribution in [3.63, 3.8) is 0 Å². The van der Waals surface area contributed by atoms with Crippen molar-refractivity contribution in [3.8, 4) is 0 Å². The lowest BCUT2D eigenvalue weighted by Crippen LogP contribution is -2.31. The Labute approximate surface area is 133 Å². The molecule has 0 fully saturated rings. The summed E-state index contributed by atoms with van der Waals surface area (Å²) in [5.41, 5.74) is 0.908. The Morgan fingerprint density at radius 1 is 1.22 bits per heavy atom. The Kier molecular flexibility index (Phi) is 5.59. The van der Waals surface area contributed by atoms with Crippen molar-refractivity contribution in [2.75, 3.05) is 32.5 Å². The van der Waals surface area contributed by atoms with Gasteiger partial charge in [0.25, 0.3) is 5.91 Å². The van der Waals surface area contributed by atoms with Gasteiger partial charge in [-0.2, -0.15) is 0 Å². The molecule has 2 aromatic rings. The Hall–Kier alpha value is -2.54. The molecule has 2 N–H and O–H groups in total. The first-order valence-corrected chi connectivity index (χ1v) is 7.06. The molecule has 2 rings (SSSR count). The zero-order valence-corrected chi connectivity index (χ0v) is 12.9. The summed E-state index contributed by atoms with van der Waals surface area (Å²) in [5.74, 6) is -1.63. The molecule has 0 radical (unpaired) electrons. The van der Waals surface area contributed by atoms with Gasteiger partial charge in [0.2, 0.25) is 0 Å². The number of amides is 1. The van der Waals surface area contributed by atoms with Gasteiger partial charge >= 0.3 is 0 Å². The number of hydrogen-bond acceptors (Lipinski definition) is 4. The van der Waals surface area contributed by atoms with E-state index in [-0.39, 0.29) is 11.6 Å². The summed E-state index contributed by atoms with van der Waals surface area (Å²) in [7, 11) is 3.82. The second kappa shape index (κ2) is 7.64. The molecular formula is C16H18F2N4O. The van der Waals surface area contributed by atoms with Crippen LogP contribution in [0.4, 0.5) is 20.2 Å². The fraction of sp³-hybridized carbons (Fsp3) is 0.250. The highest BCUT2D eigenvalue weighted by Crippen LogP contribution is 2.20. The Bertz CT molecular complexity index is 692. The van der Waals surface area contributed by atoms with Crippen LogP contribution in [-0.4, -0.2) is 43.0 Å². The number of halogens is 2. The molecule has 0 saturated heterocycles. The minimum Gasteiger partial charge on any atom is -0.352 e. The predicted octanol–water partition coefficient (Wildman–Crippen LogP) is 2.39. The van der Waals surface area contributed by atoms with E-state index in [1.807, 2.05) is 19.0 Å². The SMILES string of the molecule is CN(C)CCNC(=O)c1cncc(Nc2ccc(F)cc2F)c1. The topological polar surface area (TPSA) is 57.3 Å². The molecule has 23 heavy (non-hydrogen) atoms. The molecule has 0 saturated carbocycles. The van der Waals surface area contributed by atoms with Gasteiger partial charge in [-0.05, 0) is 32.3 Å². The minimum atomic E-state index is -0.717. The summed E-state index contributed by atoms with van der Waals surface area (Å²) in [6, 6.07) is 4.78. The van der Waals surface area contributed by atoms with Crippen LogP contribution in [0.3, 0.4) is 0 Å². The zero-order chi connectivity index (χ0) is 16.8. The minimum absolute atomic E-state index is 0.110. The quantitative estimate of drug-likeness (QED) is 0.858. The second-order valence-corrected chi connectivity index (χ2v) is 5.27. The van der Waals surface area contributed by atoms with Crippen molar-refractivity contribution in [2.24, 2.45) is 0 Å². The third kappa shape index (κ3) is 5.00. The number of anilines is 2. The summed E-state index contributed by atoms with van der Waals surface area (Å²) in [4.78, 5) is 17.9. The molecule has 5 nitrogen and oxygen atoms in total. The highest BCUT2D eigenvalue weighted by molar-refractivity contribution is 5.94.